The van der Waals surface area contributed by atoms with Crippen LogP contribution in [0.3, 0.4) is 0 Å². The van der Waals surface area contributed by atoms with Gasteiger partial charge in [0.1, 0.15) is 11.6 Å². The van der Waals surface area contributed by atoms with E-state index in [2.05, 4.69) is 20.9 Å². The highest BCUT2D eigenvalue weighted by Gasteiger charge is 2.13. The zero-order valence-corrected chi connectivity index (χ0v) is 13.5. The lowest BCUT2D eigenvalue weighted by atomic mass is 10.2. The third kappa shape index (κ3) is 3.23. The van der Waals surface area contributed by atoms with E-state index in [-0.39, 0.29) is 11.7 Å². The van der Waals surface area contributed by atoms with Crippen LogP contribution in [0.15, 0.2) is 28.7 Å². The number of hydrogen-bond acceptors (Lipinski definition) is 3. The van der Waals surface area contributed by atoms with Gasteiger partial charge in [-0.1, -0.05) is 23.2 Å². The maximum absolute atomic E-state index is 7.53. The lowest BCUT2D eigenvalue weighted by Crippen LogP contribution is -2.13. The van der Waals surface area contributed by atoms with Crippen LogP contribution in [0.4, 0.5) is 0 Å². The van der Waals surface area contributed by atoms with E-state index in [1.165, 1.54) is 0 Å². The highest BCUT2D eigenvalue weighted by molar-refractivity contribution is 9.10. The number of aryl methyl sites for hydroxylation is 1. The molecule has 0 amide bonds. The molecule has 0 spiro atoms. The minimum atomic E-state index is -0.133. The Hall–Kier alpha value is -1.30. The number of nitrogens with two attached hydrogens (primary N) is 1. The summed E-state index contributed by atoms with van der Waals surface area (Å²) in [4.78, 5) is 4.23. The number of nitrogens with one attached hydrogen (secondary N) is 1. The number of amidine groups is 1. The molecule has 0 atom stereocenters. The molecule has 0 fully saturated rings. The molecular formula is C13H10BrCl2N3O. The molecule has 20 heavy (non-hydrogen) atoms. The molecule has 4 nitrogen and oxygen atoms in total. The summed E-state index contributed by atoms with van der Waals surface area (Å²) in [5.74, 6) is 0.435. The number of nitrogens with zero attached hydrogens (tertiary/aromatic N) is 1. The fraction of sp³-hybridized carbons (Fsp3) is 0.0769. The minimum absolute atomic E-state index is 0.133. The summed E-state index contributed by atoms with van der Waals surface area (Å²) in [7, 11) is 0. The molecule has 1 aromatic heterocycles. The SMILES string of the molecule is Cc1ccc(C(=N)N)c(Oc2cc(Cl)c(Br)cc2Cl)n1. The second-order valence-electron chi connectivity index (χ2n) is 4.02. The van der Waals surface area contributed by atoms with Crippen molar-refractivity contribution in [1.82, 2.24) is 4.98 Å². The average molecular weight is 375 g/mol. The monoisotopic (exact) mass is 373 g/mol. The van der Waals surface area contributed by atoms with Gasteiger partial charge in [-0.2, -0.15) is 0 Å². The minimum Gasteiger partial charge on any atom is -0.437 e. The zero-order chi connectivity index (χ0) is 14.9. The predicted octanol–water partition coefficient (Wildman–Crippen LogP) is 4.54. The molecule has 1 aromatic carbocycles. The summed E-state index contributed by atoms with van der Waals surface area (Å²) in [5.41, 5.74) is 6.64. The molecule has 0 aliphatic rings. The predicted molar refractivity (Wildman–Crippen MR) is 84.2 cm³/mol. The van der Waals surface area contributed by atoms with Crippen molar-refractivity contribution in [2.24, 2.45) is 5.73 Å². The third-order valence-corrected chi connectivity index (χ3v) is 3.96. The lowest BCUT2D eigenvalue weighted by molar-refractivity contribution is 0.460. The van der Waals surface area contributed by atoms with Crippen LogP contribution in [0.1, 0.15) is 11.3 Å². The molecule has 0 saturated carbocycles. The van der Waals surface area contributed by atoms with Gasteiger partial charge < -0.3 is 10.5 Å². The van der Waals surface area contributed by atoms with Crippen LogP contribution < -0.4 is 10.5 Å². The Labute approximate surface area is 134 Å². The Morgan fingerprint density at radius 1 is 1.30 bits per heavy atom. The van der Waals surface area contributed by atoms with E-state index >= 15 is 0 Å². The van der Waals surface area contributed by atoms with E-state index in [1.807, 2.05) is 6.92 Å². The maximum atomic E-state index is 7.53. The topological polar surface area (TPSA) is 72.0 Å². The highest BCUT2D eigenvalue weighted by atomic mass is 79.9. The number of hydrogen-bond donors (Lipinski definition) is 2. The third-order valence-electron chi connectivity index (χ3n) is 2.47. The summed E-state index contributed by atoms with van der Waals surface area (Å²) in [6.07, 6.45) is 0. The fourth-order valence-electron chi connectivity index (χ4n) is 1.50. The van der Waals surface area contributed by atoms with Crippen molar-refractivity contribution < 1.29 is 4.74 Å². The van der Waals surface area contributed by atoms with Gasteiger partial charge in [-0.05, 0) is 41.1 Å². The number of aromatic nitrogens is 1. The number of benzene rings is 1. The quantitative estimate of drug-likeness (QED) is 0.470. The molecule has 104 valence electrons. The standard InChI is InChI=1S/C13H10BrCl2N3O/c1-6-2-3-7(12(17)18)13(19-6)20-11-5-9(15)8(14)4-10(11)16/h2-5H,1H3,(H3,17,18). The highest BCUT2D eigenvalue weighted by Crippen LogP contribution is 2.36. The molecule has 0 unspecified atom stereocenters. The van der Waals surface area contributed by atoms with Crippen molar-refractivity contribution in [2.45, 2.75) is 6.92 Å². The van der Waals surface area contributed by atoms with E-state index < -0.39 is 0 Å². The van der Waals surface area contributed by atoms with E-state index in [9.17, 15) is 0 Å². The second kappa shape index (κ2) is 5.99. The average Bonchev–Trinajstić information content (AvgIpc) is 2.35. The van der Waals surface area contributed by atoms with Gasteiger partial charge in [0.15, 0.2) is 0 Å². The first kappa shape index (κ1) is 15.1. The van der Waals surface area contributed by atoms with Crippen LogP contribution in [0.5, 0.6) is 11.6 Å². The van der Waals surface area contributed by atoms with Crippen molar-refractivity contribution in [3.05, 3.63) is 50.0 Å². The molecule has 0 bridgehead atoms. The molecule has 0 aliphatic carbocycles. The lowest BCUT2D eigenvalue weighted by Gasteiger charge is -2.12. The number of ether oxygens (including phenoxy) is 1. The largest absolute Gasteiger partial charge is 0.437 e. The number of pyridine rings is 1. The van der Waals surface area contributed by atoms with Crippen LogP contribution in [-0.4, -0.2) is 10.8 Å². The summed E-state index contributed by atoms with van der Waals surface area (Å²) < 4.78 is 6.32. The van der Waals surface area contributed by atoms with Crippen LogP contribution in [0.25, 0.3) is 0 Å². The zero-order valence-electron chi connectivity index (χ0n) is 10.4. The molecule has 0 aliphatic heterocycles. The van der Waals surface area contributed by atoms with E-state index in [4.69, 9.17) is 39.1 Å². The Morgan fingerprint density at radius 3 is 2.65 bits per heavy atom. The second-order valence-corrected chi connectivity index (χ2v) is 5.69. The Morgan fingerprint density at radius 2 is 2.00 bits per heavy atom. The van der Waals surface area contributed by atoms with Gasteiger partial charge in [0.05, 0.1) is 15.6 Å². The number of nitrogen functional groups attached to an aromatic ring is 1. The van der Waals surface area contributed by atoms with Crippen molar-refractivity contribution >= 4 is 45.0 Å². The van der Waals surface area contributed by atoms with Crippen molar-refractivity contribution in [3.63, 3.8) is 0 Å². The maximum Gasteiger partial charge on any atom is 0.230 e. The van der Waals surface area contributed by atoms with Crippen LogP contribution in [0.2, 0.25) is 10.0 Å². The van der Waals surface area contributed by atoms with Gasteiger partial charge in [-0.15, -0.1) is 0 Å². The summed E-state index contributed by atoms with van der Waals surface area (Å²) in [5, 5.41) is 8.37. The van der Waals surface area contributed by atoms with E-state index in [0.29, 0.717) is 25.8 Å². The molecule has 7 heteroatoms. The first-order chi connectivity index (χ1) is 9.38. The summed E-state index contributed by atoms with van der Waals surface area (Å²) in [6.45, 7) is 1.81. The van der Waals surface area contributed by atoms with Crippen LogP contribution in [-0.2, 0) is 0 Å². The molecule has 1 heterocycles. The fourth-order valence-corrected chi connectivity index (χ4v) is 2.33. The van der Waals surface area contributed by atoms with Gasteiger partial charge >= 0.3 is 0 Å². The van der Waals surface area contributed by atoms with E-state index in [0.717, 1.165) is 5.69 Å². The normalized spacial score (nSPS) is 10.4. The molecule has 0 saturated heterocycles. The van der Waals surface area contributed by atoms with Gasteiger partial charge in [-0.25, -0.2) is 4.98 Å². The van der Waals surface area contributed by atoms with Crippen LogP contribution >= 0.6 is 39.1 Å². The Bertz CT molecular complexity index is 692. The van der Waals surface area contributed by atoms with Gasteiger partial charge in [0.2, 0.25) is 5.88 Å². The first-order valence-corrected chi connectivity index (χ1v) is 7.08. The van der Waals surface area contributed by atoms with Gasteiger partial charge in [0.25, 0.3) is 0 Å². The molecule has 0 radical (unpaired) electrons. The van der Waals surface area contributed by atoms with Crippen molar-refractivity contribution in [1.29, 1.82) is 5.41 Å². The summed E-state index contributed by atoms with van der Waals surface area (Å²) >= 11 is 15.4. The van der Waals surface area contributed by atoms with Gasteiger partial charge in [-0.3, -0.25) is 5.41 Å². The Balaban J connectivity index is 2.47. The summed E-state index contributed by atoms with van der Waals surface area (Å²) in [6, 6.07) is 6.62. The first-order valence-electron chi connectivity index (χ1n) is 5.53. The smallest absolute Gasteiger partial charge is 0.230 e. The van der Waals surface area contributed by atoms with Crippen molar-refractivity contribution in [3.8, 4) is 11.6 Å². The Kier molecular flexibility index (Phi) is 4.52. The van der Waals surface area contributed by atoms with Crippen molar-refractivity contribution in [2.75, 3.05) is 0 Å². The molecule has 2 rings (SSSR count). The van der Waals surface area contributed by atoms with E-state index in [1.54, 1.807) is 24.3 Å². The van der Waals surface area contributed by atoms with Gasteiger partial charge in [0, 0.05) is 16.2 Å². The molecule has 2 aromatic rings. The number of rotatable bonds is 3. The van der Waals surface area contributed by atoms with Crippen LogP contribution in [0, 0.1) is 12.3 Å². The molecule has 3 N–H and O–H groups in total. The molecular weight excluding hydrogens is 365 g/mol. The number of halogens is 3.